The number of hydrogen-bond donors (Lipinski definition) is 2. The normalized spacial score (nSPS) is 12.6. The highest BCUT2D eigenvalue weighted by atomic mass is 19.1. The lowest BCUT2D eigenvalue weighted by molar-refractivity contribution is -0.116. The lowest BCUT2D eigenvalue weighted by Crippen LogP contribution is -2.26. The molecule has 1 unspecified atom stereocenters. The first-order valence-electron chi connectivity index (χ1n) is 5.94. The molecular weight excluding hydrogens is 233 g/mol. The topological polar surface area (TPSA) is 49.3 Å². The fraction of sp³-hybridized carbons (Fsp3) is 0.357. The Balaban J connectivity index is 2.37. The zero-order chi connectivity index (χ0) is 13.4. The third-order valence-electron chi connectivity index (χ3n) is 2.54. The molecule has 0 aliphatic heterocycles. The van der Waals surface area contributed by atoms with E-state index in [2.05, 4.69) is 5.32 Å². The van der Waals surface area contributed by atoms with Gasteiger partial charge in [-0.25, -0.2) is 4.39 Å². The Hall–Kier alpha value is -1.68. The molecule has 1 aromatic rings. The van der Waals surface area contributed by atoms with E-state index in [1.54, 1.807) is 18.2 Å². The molecule has 0 spiro atoms. The van der Waals surface area contributed by atoms with Gasteiger partial charge in [0.2, 0.25) is 5.91 Å². The smallest absolute Gasteiger partial charge is 0.244 e. The van der Waals surface area contributed by atoms with Crippen LogP contribution in [-0.4, -0.2) is 24.2 Å². The van der Waals surface area contributed by atoms with Crippen molar-refractivity contribution in [1.82, 2.24) is 5.32 Å². The van der Waals surface area contributed by atoms with E-state index < -0.39 is 0 Å². The summed E-state index contributed by atoms with van der Waals surface area (Å²) < 4.78 is 12.6. The molecule has 0 saturated heterocycles. The minimum absolute atomic E-state index is 0.127. The van der Waals surface area contributed by atoms with Crippen molar-refractivity contribution in [3.63, 3.8) is 0 Å². The number of aliphatic hydroxyl groups excluding tert-OH is 1. The van der Waals surface area contributed by atoms with Gasteiger partial charge < -0.3 is 10.4 Å². The first-order chi connectivity index (χ1) is 8.61. The zero-order valence-corrected chi connectivity index (χ0v) is 10.4. The average Bonchev–Trinajstić information content (AvgIpc) is 2.36. The molecule has 1 aromatic carbocycles. The molecule has 1 atom stereocenters. The second kappa shape index (κ2) is 7.61. The van der Waals surface area contributed by atoms with Crippen molar-refractivity contribution in [2.45, 2.75) is 13.3 Å². The maximum atomic E-state index is 12.6. The number of aliphatic hydroxyl groups is 1. The Morgan fingerprint density at radius 2 is 2.11 bits per heavy atom. The van der Waals surface area contributed by atoms with E-state index in [-0.39, 0.29) is 24.2 Å². The number of halogens is 1. The molecular formula is C14H18FNO2. The van der Waals surface area contributed by atoms with Gasteiger partial charge >= 0.3 is 0 Å². The number of nitrogens with one attached hydrogen (secondary N) is 1. The third-order valence-corrected chi connectivity index (χ3v) is 2.54. The predicted octanol–water partition coefficient (Wildman–Crippen LogP) is 1.97. The predicted molar refractivity (Wildman–Crippen MR) is 69.3 cm³/mol. The van der Waals surface area contributed by atoms with Crippen molar-refractivity contribution in [3.8, 4) is 0 Å². The zero-order valence-electron chi connectivity index (χ0n) is 10.4. The lowest BCUT2D eigenvalue weighted by Gasteiger charge is -2.09. The first kappa shape index (κ1) is 14.4. The van der Waals surface area contributed by atoms with E-state index in [4.69, 9.17) is 5.11 Å². The largest absolute Gasteiger partial charge is 0.396 e. The summed E-state index contributed by atoms with van der Waals surface area (Å²) in [6.45, 7) is 2.62. The van der Waals surface area contributed by atoms with Crippen molar-refractivity contribution in [2.75, 3.05) is 13.2 Å². The molecule has 4 heteroatoms. The number of benzene rings is 1. The summed E-state index contributed by atoms with van der Waals surface area (Å²) in [5.41, 5.74) is 0.773. The van der Waals surface area contributed by atoms with Crippen molar-refractivity contribution < 1.29 is 14.3 Å². The molecule has 1 rings (SSSR count). The Morgan fingerprint density at radius 1 is 1.44 bits per heavy atom. The van der Waals surface area contributed by atoms with Crippen LogP contribution >= 0.6 is 0 Å². The van der Waals surface area contributed by atoms with Crippen molar-refractivity contribution in [2.24, 2.45) is 5.92 Å². The van der Waals surface area contributed by atoms with Crippen LogP contribution in [0.1, 0.15) is 18.9 Å². The summed E-state index contributed by atoms with van der Waals surface area (Å²) in [7, 11) is 0. The van der Waals surface area contributed by atoms with Gasteiger partial charge in [0.15, 0.2) is 0 Å². The molecule has 0 saturated carbocycles. The average molecular weight is 251 g/mol. The number of carbonyl (C=O) groups is 1. The van der Waals surface area contributed by atoms with Crippen LogP contribution in [0.4, 0.5) is 4.39 Å². The molecule has 0 fully saturated rings. The van der Waals surface area contributed by atoms with Crippen LogP contribution in [0, 0.1) is 11.7 Å². The molecule has 18 heavy (non-hydrogen) atoms. The summed E-state index contributed by atoms with van der Waals surface area (Å²) in [6.07, 6.45) is 3.71. The van der Waals surface area contributed by atoms with Crippen molar-refractivity contribution in [3.05, 3.63) is 41.7 Å². The number of rotatable bonds is 6. The van der Waals surface area contributed by atoms with Gasteiger partial charge in [0.1, 0.15) is 5.82 Å². The Kier molecular flexibility index (Phi) is 6.08. The highest BCUT2D eigenvalue weighted by molar-refractivity contribution is 5.91. The van der Waals surface area contributed by atoms with E-state index in [1.807, 2.05) is 6.92 Å². The van der Waals surface area contributed by atoms with E-state index in [0.717, 1.165) is 5.56 Å². The fourth-order valence-electron chi connectivity index (χ4n) is 1.40. The van der Waals surface area contributed by atoms with Gasteiger partial charge in [-0.2, -0.15) is 0 Å². The van der Waals surface area contributed by atoms with Gasteiger partial charge in [-0.15, -0.1) is 0 Å². The molecule has 0 radical (unpaired) electrons. The first-order valence-corrected chi connectivity index (χ1v) is 5.94. The summed E-state index contributed by atoms with van der Waals surface area (Å²) >= 11 is 0. The van der Waals surface area contributed by atoms with Crippen LogP contribution in [0.25, 0.3) is 6.08 Å². The summed E-state index contributed by atoms with van der Waals surface area (Å²) in [6, 6.07) is 5.91. The fourth-order valence-corrected chi connectivity index (χ4v) is 1.40. The summed E-state index contributed by atoms with van der Waals surface area (Å²) in [4.78, 5) is 11.5. The number of amides is 1. The Bertz CT molecular complexity index is 401. The van der Waals surface area contributed by atoms with Gasteiger partial charge in [-0.1, -0.05) is 19.1 Å². The second-order valence-electron chi connectivity index (χ2n) is 4.25. The lowest BCUT2D eigenvalue weighted by atomic mass is 10.1. The van der Waals surface area contributed by atoms with E-state index >= 15 is 0 Å². The maximum Gasteiger partial charge on any atom is 0.244 e. The number of carbonyl (C=O) groups excluding carboxylic acids is 1. The minimum Gasteiger partial charge on any atom is -0.396 e. The van der Waals surface area contributed by atoms with Crippen LogP contribution in [0.5, 0.6) is 0 Å². The van der Waals surface area contributed by atoms with Crippen LogP contribution in [-0.2, 0) is 4.79 Å². The van der Waals surface area contributed by atoms with Gasteiger partial charge in [-0.05, 0) is 36.1 Å². The Labute approximate surface area is 106 Å². The van der Waals surface area contributed by atoms with Gasteiger partial charge in [0.05, 0.1) is 0 Å². The highest BCUT2D eigenvalue weighted by Gasteiger charge is 2.02. The summed E-state index contributed by atoms with van der Waals surface area (Å²) in [5, 5.41) is 11.5. The van der Waals surface area contributed by atoms with E-state index in [1.165, 1.54) is 18.2 Å². The maximum absolute atomic E-state index is 12.6. The molecule has 1 amide bonds. The van der Waals surface area contributed by atoms with Crippen molar-refractivity contribution in [1.29, 1.82) is 0 Å². The van der Waals surface area contributed by atoms with Crippen LogP contribution in [0.3, 0.4) is 0 Å². The van der Waals surface area contributed by atoms with Crippen LogP contribution < -0.4 is 5.32 Å². The number of hydrogen-bond acceptors (Lipinski definition) is 2. The van der Waals surface area contributed by atoms with Gasteiger partial charge in [0, 0.05) is 19.2 Å². The molecule has 0 aromatic heterocycles. The van der Waals surface area contributed by atoms with Crippen molar-refractivity contribution >= 4 is 12.0 Å². The molecule has 0 bridgehead atoms. The minimum atomic E-state index is -0.297. The molecule has 98 valence electrons. The molecule has 0 aliphatic rings. The van der Waals surface area contributed by atoms with Crippen LogP contribution in [0.15, 0.2) is 30.3 Å². The monoisotopic (exact) mass is 251 g/mol. The third kappa shape index (κ3) is 5.59. The van der Waals surface area contributed by atoms with Gasteiger partial charge in [-0.3, -0.25) is 4.79 Å². The molecule has 0 aliphatic carbocycles. The SMILES string of the molecule is CC(CCO)CNC(=O)C=Cc1ccc(F)cc1. The Morgan fingerprint density at radius 3 is 2.72 bits per heavy atom. The highest BCUT2D eigenvalue weighted by Crippen LogP contribution is 2.04. The summed E-state index contributed by atoms with van der Waals surface area (Å²) in [5.74, 6) is -0.239. The molecule has 3 nitrogen and oxygen atoms in total. The molecule has 0 heterocycles. The second-order valence-corrected chi connectivity index (χ2v) is 4.25. The van der Waals surface area contributed by atoms with E-state index in [9.17, 15) is 9.18 Å². The molecule has 2 N–H and O–H groups in total. The standard InChI is InChI=1S/C14H18FNO2/c1-11(8-9-17)10-16-14(18)7-4-12-2-5-13(15)6-3-12/h2-7,11,17H,8-10H2,1H3,(H,16,18). The quantitative estimate of drug-likeness (QED) is 0.759. The van der Waals surface area contributed by atoms with E-state index in [0.29, 0.717) is 13.0 Å². The van der Waals surface area contributed by atoms with Gasteiger partial charge in [0.25, 0.3) is 0 Å². The van der Waals surface area contributed by atoms with Crippen LogP contribution in [0.2, 0.25) is 0 Å².